The summed E-state index contributed by atoms with van der Waals surface area (Å²) in [6, 6.07) is 8.02. The third-order valence-corrected chi connectivity index (χ3v) is 8.24. The van der Waals surface area contributed by atoms with Crippen molar-refractivity contribution in [1.29, 1.82) is 0 Å². The van der Waals surface area contributed by atoms with Crippen molar-refractivity contribution in [2.75, 3.05) is 51.3 Å². The second-order valence-electron chi connectivity index (χ2n) is 10.2. The van der Waals surface area contributed by atoms with E-state index < -0.39 is 58.5 Å². The van der Waals surface area contributed by atoms with Gasteiger partial charge in [-0.3, -0.25) is 9.59 Å². The molecule has 2 heterocycles. The van der Waals surface area contributed by atoms with Crippen LogP contribution in [0.5, 0.6) is 0 Å². The Morgan fingerprint density at radius 1 is 0.977 bits per heavy atom. The topological polar surface area (TPSA) is 102 Å². The quantitative estimate of drug-likeness (QED) is 0.287. The number of amides is 2. The van der Waals surface area contributed by atoms with Gasteiger partial charge in [-0.25, -0.2) is 0 Å². The fourth-order valence-corrected chi connectivity index (χ4v) is 6.05. The van der Waals surface area contributed by atoms with E-state index in [0.29, 0.717) is 43.4 Å². The van der Waals surface area contributed by atoms with Gasteiger partial charge in [0, 0.05) is 53.8 Å². The zero-order valence-corrected chi connectivity index (χ0v) is 24.1. The predicted octanol–water partition coefficient (Wildman–Crippen LogP) is 4.50. The molecule has 2 amide bonds. The molecule has 8 nitrogen and oxygen atoms in total. The monoisotopic (exact) mass is 647 g/mol. The van der Waals surface area contributed by atoms with Gasteiger partial charge >= 0.3 is 12.4 Å². The first kappa shape index (κ1) is 33.6. The number of benzene rings is 2. The molecule has 3 N–H and O–H groups in total. The second kappa shape index (κ2) is 14.2. The van der Waals surface area contributed by atoms with Crippen LogP contribution in [0.3, 0.4) is 0 Å². The zero-order chi connectivity index (χ0) is 32.1. The van der Waals surface area contributed by atoms with Crippen LogP contribution in [0.25, 0.3) is 6.08 Å². The first-order valence-electron chi connectivity index (χ1n) is 13.8. The highest BCUT2D eigenvalue weighted by Gasteiger charge is 2.46. The van der Waals surface area contributed by atoms with Crippen LogP contribution in [0.2, 0.25) is 0 Å². The van der Waals surface area contributed by atoms with Crippen LogP contribution in [-0.4, -0.2) is 90.0 Å². The van der Waals surface area contributed by atoms with Gasteiger partial charge < -0.3 is 30.1 Å². The molecule has 44 heavy (non-hydrogen) atoms. The molecule has 1 atom stereocenters. The van der Waals surface area contributed by atoms with E-state index in [1.165, 1.54) is 21.9 Å². The minimum atomic E-state index is -5.37. The van der Waals surface area contributed by atoms with E-state index in [-0.39, 0.29) is 37.2 Å². The molecule has 0 bridgehead atoms. The van der Waals surface area contributed by atoms with Gasteiger partial charge in [0.1, 0.15) is 0 Å². The predicted molar refractivity (Wildman–Crippen MR) is 150 cm³/mol. The summed E-state index contributed by atoms with van der Waals surface area (Å²) in [4.78, 5) is 26.9. The molecule has 2 aliphatic heterocycles. The molecule has 2 saturated heterocycles. The SMILES string of the molecule is O=C(/C=C/c1ccc(Sc2cccc(NC3CCN(C(=O)C(O)CO)CC3)c2)c(C(F)(F)F)c1C(F)(F)F)N1CCOCC1. The molecule has 240 valence electrons. The van der Waals surface area contributed by atoms with E-state index in [1.54, 1.807) is 12.1 Å². The van der Waals surface area contributed by atoms with Crippen molar-refractivity contribution in [1.82, 2.24) is 9.80 Å². The normalized spacial score (nSPS) is 17.6. The number of anilines is 1. The maximum Gasteiger partial charge on any atom is 0.418 e. The molecule has 2 aromatic rings. The van der Waals surface area contributed by atoms with Crippen molar-refractivity contribution in [2.45, 2.75) is 47.1 Å². The number of halogens is 6. The van der Waals surface area contributed by atoms with E-state index in [2.05, 4.69) is 5.32 Å². The van der Waals surface area contributed by atoms with Gasteiger partial charge in [0.2, 0.25) is 5.91 Å². The molecule has 0 spiro atoms. The summed E-state index contributed by atoms with van der Waals surface area (Å²) in [6.07, 6.45) is -9.61. The van der Waals surface area contributed by atoms with E-state index in [0.717, 1.165) is 24.3 Å². The number of ether oxygens (including phenoxy) is 1. The molecule has 4 rings (SSSR count). The van der Waals surface area contributed by atoms with Crippen LogP contribution in [-0.2, 0) is 26.7 Å². The molecular formula is C29H31F6N3O5S. The summed E-state index contributed by atoms with van der Waals surface area (Å²) in [7, 11) is 0. The van der Waals surface area contributed by atoms with Gasteiger partial charge in [0.15, 0.2) is 6.10 Å². The summed E-state index contributed by atoms with van der Waals surface area (Å²) < 4.78 is 90.5. The Morgan fingerprint density at radius 2 is 1.64 bits per heavy atom. The average molecular weight is 648 g/mol. The number of likely N-dealkylation sites (tertiary alicyclic amines) is 1. The Morgan fingerprint density at radius 3 is 2.25 bits per heavy atom. The number of hydrogen-bond donors (Lipinski definition) is 3. The van der Waals surface area contributed by atoms with E-state index in [4.69, 9.17) is 9.84 Å². The first-order chi connectivity index (χ1) is 20.8. The highest BCUT2D eigenvalue weighted by Crippen LogP contribution is 2.48. The number of piperidine rings is 1. The van der Waals surface area contributed by atoms with E-state index >= 15 is 0 Å². The summed E-state index contributed by atoms with van der Waals surface area (Å²) in [5.74, 6) is -1.20. The Kier molecular flexibility index (Phi) is 10.9. The maximum atomic E-state index is 14.3. The van der Waals surface area contributed by atoms with Crippen LogP contribution >= 0.6 is 11.8 Å². The molecule has 0 radical (unpaired) electrons. The number of aliphatic hydroxyl groups excluding tert-OH is 2. The van der Waals surface area contributed by atoms with Crippen LogP contribution < -0.4 is 5.32 Å². The van der Waals surface area contributed by atoms with Gasteiger partial charge in [0.25, 0.3) is 5.91 Å². The number of nitrogens with zero attached hydrogens (tertiary/aromatic N) is 2. The number of hydrogen-bond acceptors (Lipinski definition) is 7. The number of aliphatic hydroxyl groups is 2. The molecule has 0 aliphatic carbocycles. The van der Waals surface area contributed by atoms with Crippen molar-refractivity contribution in [3.05, 3.63) is 59.2 Å². The molecule has 0 aromatic heterocycles. The van der Waals surface area contributed by atoms with Crippen molar-refractivity contribution >= 4 is 35.3 Å². The Hall–Kier alpha value is -3.27. The van der Waals surface area contributed by atoms with Crippen molar-refractivity contribution in [3.63, 3.8) is 0 Å². The lowest BCUT2D eigenvalue weighted by Crippen LogP contribution is -2.47. The highest BCUT2D eigenvalue weighted by atomic mass is 32.2. The molecule has 15 heteroatoms. The van der Waals surface area contributed by atoms with Gasteiger partial charge in [-0.2, -0.15) is 26.3 Å². The number of nitrogens with one attached hydrogen (secondary N) is 1. The zero-order valence-electron chi connectivity index (χ0n) is 23.3. The molecule has 2 aromatic carbocycles. The number of carbonyl (C=O) groups excluding carboxylic acids is 2. The first-order valence-corrected chi connectivity index (χ1v) is 14.6. The smallest absolute Gasteiger partial charge is 0.393 e. The molecular weight excluding hydrogens is 616 g/mol. The number of alkyl halides is 6. The molecule has 2 aliphatic rings. The van der Waals surface area contributed by atoms with Crippen LogP contribution in [0.1, 0.15) is 29.5 Å². The largest absolute Gasteiger partial charge is 0.418 e. The Balaban J connectivity index is 1.55. The fourth-order valence-electron chi connectivity index (χ4n) is 5.01. The lowest BCUT2D eigenvalue weighted by Gasteiger charge is -2.33. The van der Waals surface area contributed by atoms with Gasteiger partial charge in [-0.1, -0.05) is 23.9 Å². The summed E-state index contributed by atoms with van der Waals surface area (Å²) in [5, 5.41) is 21.8. The lowest BCUT2D eigenvalue weighted by molar-refractivity contribution is -0.163. The minimum Gasteiger partial charge on any atom is -0.393 e. The maximum absolute atomic E-state index is 14.3. The molecule has 2 fully saturated rings. The molecule has 0 saturated carbocycles. The Bertz CT molecular complexity index is 1360. The summed E-state index contributed by atoms with van der Waals surface area (Å²) in [6.45, 7) is 0.901. The lowest BCUT2D eigenvalue weighted by atomic mass is 9.99. The van der Waals surface area contributed by atoms with Gasteiger partial charge in [0.05, 0.1) is 30.9 Å². The number of morpholine rings is 1. The van der Waals surface area contributed by atoms with E-state index in [1.807, 2.05) is 0 Å². The van der Waals surface area contributed by atoms with Gasteiger partial charge in [-0.15, -0.1) is 0 Å². The standard InChI is InChI=1S/C29H31F6N3O5S/c30-28(31,32)25-18(5-7-24(41)37-12-14-43-15-13-37)4-6-23(26(25)29(33,34)35)44-21-3-1-2-20(16-21)36-19-8-10-38(11-9-19)27(42)22(40)17-39/h1-7,16,19,22,36,39-40H,8-15,17H2/b7-5+. The third-order valence-electron chi connectivity index (χ3n) is 7.19. The van der Waals surface area contributed by atoms with Crippen molar-refractivity contribution in [3.8, 4) is 0 Å². The van der Waals surface area contributed by atoms with Crippen LogP contribution in [0, 0.1) is 0 Å². The van der Waals surface area contributed by atoms with Gasteiger partial charge in [-0.05, 0) is 48.7 Å². The number of carbonyl (C=O) groups is 2. The van der Waals surface area contributed by atoms with Crippen LogP contribution in [0.15, 0.2) is 52.3 Å². The van der Waals surface area contributed by atoms with Crippen LogP contribution in [0.4, 0.5) is 32.0 Å². The summed E-state index contributed by atoms with van der Waals surface area (Å²) in [5.41, 5.74) is -3.96. The Labute approximate surface area is 253 Å². The molecule has 1 unspecified atom stereocenters. The number of rotatable bonds is 8. The average Bonchev–Trinajstić information content (AvgIpc) is 2.99. The highest BCUT2D eigenvalue weighted by molar-refractivity contribution is 7.99. The van der Waals surface area contributed by atoms with Crippen molar-refractivity contribution < 1.29 is 50.9 Å². The van der Waals surface area contributed by atoms with Crippen molar-refractivity contribution in [2.24, 2.45) is 0 Å². The fraction of sp³-hybridized carbons (Fsp3) is 0.448. The minimum absolute atomic E-state index is 0.112. The second-order valence-corrected chi connectivity index (χ2v) is 11.4. The van der Waals surface area contributed by atoms with E-state index in [9.17, 15) is 41.0 Å². The third kappa shape index (κ3) is 8.46. The summed E-state index contributed by atoms with van der Waals surface area (Å²) >= 11 is 0.536.